The van der Waals surface area contributed by atoms with Gasteiger partial charge >= 0.3 is 7.12 Å². The third-order valence-electron chi connectivity index (χ3n) is 3.84. The highest BCUT2D eigenvalue weighted by Crippen LogP contribution is 2.29. The van der Waals surface area contributed by atoms with E-state index < -0.39 is 18.8 Å². The number of hydrogen-bond donors (Lipinski definition) is 3. The molecule has 0 aliphatic rings. The molecule has 2 rings (SSSR count). The van der Waals surface area contributed by atoms with Gasteiger partial charge in [-0.2, -0.15) is 0 Å². The van der Waals surface area contributed by atoms with Crippen molar-refractivity contribution in [3.05, 3.63) is 65.0 Å². The van der Waals surface area contributed by atoms with Crippen LogP contribution in [0.5, 0.6) is 5.75 Å². The van der Waals surface area contributed by atoms with Gasteiger partial charge in [0.05, 0.1) is 0 Å². The molecule has 0 aliphatic carbocycles. The minimum atomic E-state index is -1.70. The lowest BCUT2D eigenvalue weighted by Gasteiger charge is -2.16. The lowest BCUT2D eigenvalue weighted by molar-refractivity contribution is 0.0975. The number of ketones is 1. The van der Waals surface area contributed by atoms with Crippen molar-refractivity contribution in [1.29, 1.82) is 0 Å². The van der Waals surface area contributed by atoms with E-state index in [9.17, 15) is 24.3 Å². The van der Waals surface area contributed by atoms with Crippen molar-refractivity contribution in [2.75, 3.05) is 0 Å². The van der Waals surface area contributed by atoms with E-state index in [2.05, 4.69) is 0 Å². The van der Waals surface area contributed by atoms with Crippen molar-refractivity contribution in [2.45, 2.75) is 25.6 Å². The summed E-state index contributed by atoms with van der Waals surface area (Å²) in [5, 5.41) is 29.1. The number of halogens is 1. The standard InChI is InChI=1S/C17H18BFO4/c1-11-3-2-4-13(17(11)21)9-14(18(22)23)10-16(20)12-5-7-15(19)8-6-12/h2-8,14,21-23H,9-10H2,1H3. The smallest absolute Gasteiger partial charge is 0.455 e. The van der Waals surface area contributed by atoms with Gasteiger partial charge in [0.2, 0.25) is 0 Å². The van der Waals surface area contributed by atoms with Crippen LogP contribution >= 0.6 is 0 Å². The fourth-order valence-corrected chi connectivity index (χ4v) is 2.44. The minimum Gasteiger partial charge on any atom is -0.507 e. The third-order valence-corrected chi connectivity index (χ3v) is 3.84. The van der Waals surface area contributed by atoms with E-state index in [-0.39, 0.29) is 24.4 Å². The van der Waals surface area contributed by atoms with Gasteiger partial charge in [-0.05, 0) is 48.7 Å². The van der Waals surface area contributed by atoms with Crippen molar-refractivity contribution in [3.8, 4) is 5.75 Å². The van der Waals surface area contributed by atoms with Crippen LogP contribution in [0.2, 0.25) is 5.82 Å². The molecule has 6 heteroatoms. The van der Waals surface area contributed by atoms with Gasteiger partial charge in [-0.1, -0.05) is 18.2 Å². The molecule has 1 atom stereocenters. The van der Waals surface area contributed by atoms with Crippen LogP contribution in [-0.4, -0.2) is 28.1 Å². The van der Waals surface area contributed by atoms with Crippen LogP contribution in [0.15, 0.2) is 42.5 Å². The Morgan fingerprint density at radius 1 is 1.17 bits per heavy atom. The van der Waals surface area contributed by atoms with E-state index in [1.165, 1.54) is 24.3 Å². The number of aromatic hydroxyl groups is 1. The Morgan fingerprint density at radius 2 is 1.83 bits per heavy atom. The average molecular weight is 316 g/mol. The highest BCUT2D eigenvalue weighted by Gasteiger charge is 2.27. The van der Waals surface area contributed by atoms with E-state index in [1.54, 1.807) is 25.1 Å². The number of carbonyl (C=O) groups excluding carboxylic acids is 1. The van der Waals surface area contributed by atoms with Crippen molar-refractivity contribution in [2.24, 2.45) is 0 Å². The zero-order valence-electron chi connectivity index (χ0n) is 12.7. The monoisotopic (exact) mass is 316 g/mol. The van der Waals surface area contributed by atoms with Crippen LogP contribution in [0.1, 0.15) is 27.9 Å². The van der Waals surface area contributed by atoms with Crippen LogP contribution in [0, 0.1) is 12.7 Å². The number of phenols is 1. The van der Waals surface area contributed by atoms with Crippen molar-refractivity contribution in [3.63, 3.8) is 0 Å². The molecule has 0 spiro atoms. The molecule has 120 valence electrons. The van der Waals surface area contributed by atoms with Gasteiger partial charge in [0, 0.05) is 17.8 Å². The number of para-hydroxylation sites is 1. The zero-order chi connectivity index (χ0) is 17.0. The first kappa shape index (κ1) is 17.2. The Kier molecular flexibility index (Phi) is 5.52. The van der Waals surface area contributed by atoms with Crippen molar-refractivity contribution < 1.29 is 24.3 Å². The van der Waals surface area contributed by atoms with E-state index in [0.29, 0.717) is 16.7 Å². The highest BCUT2D eigenvalue weighted by molar-refractivity contribution is 6.43. The Balaban J connectivity index is 2.14. The largest absolute Gasteiger partial charge is 0.507 e. The summed E-state index contributed by atoms with van der Waals surface area (Å²) in [6, 6.07) is 10.3. The van der Waals surface area contributed by atoms with E-state index >= 15 is 0 Å². The van der Waals surface area contributed by atoms with Gasteiger partial charge in [-0.3, -0.25) is 4.79 Å². The highest BCUT2D eigenvalue weighted by atomic mass is 19.1. The molecule has 1 unspecified atom stereocenters. The summed E-state index contributed by atoms with van der Waals surface area (Å²) in [6.45, 7) is 1.74. The molecule has 0 aromatic heterocycles. The number of aryl methyl sites for hydroxylation is 1. The maximum atomic E-state index is 12.9. The summed E-state index contributed by atoms with van der Waals surface area (Å²) in [4.78, 5) is 12.2. The summed E-state index contributed by atoms with van der Waals surface area (Å²) in [5.41, 5.74) is 1.54. The van der Waals surface area contributed by atoms with E-state index in [1.807, 2.05) is 0 Å². The number of benzene rings is 2. The number of rotatable bonds is 6. The second-order valence-corrected chi connectivity index (χ2v) is 5.59. The Morgan fingerprint density at radius 3 is 2.43 bits per heavy atom. The topological polar surface area (TPSA) is 77.8 Å². The number of phenolic OH excluding ortho intramolecular Hbond substituents is 1. The van der Waals surface area contributed by atoms with Crippen molar-refractivity contribution >= 4 is 12.9 Å². The fraction of sp³-hybridized carbons (Fsp3) is 0.235. The number of Topliss-reactive ketones (excluding diaryl/α,β-unsaturated/α-hetero) is 1. The molecule has 0 saturated heterocycles. The van der Waals surface area contributed by atoms with Crippen LogP contribution in [-0.2, 0) is 6.42 Å². The zero-order valence-corrected chi connectivity index (χ0v) is 12.7. The van der Waals surface area contributed by atoms with E-state index in [4.69, 9.17) is 0 Å². The molecule has 0 radical (unpaired) electrons. The van der Waals surface area contributed by atoms with Gasteiger partial charge < -0.3 is 15.2 Å². The van der Waals surface area contributed by atoms with Crippen molar-refractivity contribution in [1.82, 2.24) is 0 Å². The predicted octanol–water partition coefficient (Wildman–Crippen LogP) is 2.50. The molecule has 4 nitrogen and oxygen atoms in total. The number of hydrogen-bond acceptors (Lipinski definition) is 4. The van der Waals surface area contributed by atoms with Crippen LogP contribution in [0.4, 0.5) is 4.39 Å². The predicted molar refractivity (Wildman–Crippen MR) is 85.8 cm³/mol. The van der Waals surface area contributed by atoms with Gasteiger partial charge in [0.1, 0.15) is 11.6 Å². The van der Waals surface area contributed by atoms with E-state index in [0.717, 1.165) is 0 Å². The fourth-order valence-electron chi connectivity index (χ4n) is 2.44. The molecule has 2 aromatic rings. The SMILES string of the molecule is Cc1cccc(CC(CC(=O)c2ccc(F)cc2)B(O)O)c1O. The summed E-state index contributed by atoms with van der Waals surface area (Å²) in [7, 11) is -1.70. The normalized spacial score (nSPS) is 12.0. The first-order valence-electron chi connectivity index (χ1n) is 7.31. The van der Waals surface area contributed by atoms with Gasteiger partial charge in [0.25, 0.3) is 0 Å². The molecule has 0 amide bonds. The van der Waals surface area contributed by atoms with Gasteiger partial charge in [-0.25, -0.2) is 4.39 Å². The maximum absolute atomic E-state index is 12.9. The summed E-state index contributed by atoms with van der Waals surface area (Å²) >= 11 is 0. The second-order valence-electron chi connectivity index (χ2n) is 5.59. The Labute approximate surface area is 134 Å². The molecule has 0 saturated carbocycles. The molecule has 0 heterocycles. The third kappa shape index (κ3) is 4.40. The van der Waals surface area contributed by atoms with Crippen LogP contribution in [0.3, 0.4) is 0 Å². The van der Waals surface area contributed by atoms with Crippen LogP contribution < -0.4 is 0 Å². The first-order chi connectivity index (χ1) is 10.9. The molecule has 3 N–H and O–H groups in total. The minimum absolute atomic E-state index is 0.0902. The molecule has 2 aromatic carbocycles. The first-order valence-corrected chi connectivity index (χ1v) is 7.31. The summed E-state index contributed by atoms with van der Waals surface area (Å²) in [6.07, 6.45) is 0.0365. The molecular formula is C17H18BFO4. The van der Waals surface area contributed by atoms with Gasteiger partial charge in [-0.15, -0.1) is 0 Å². The molecule has 23 heavy (non-hydrogen) atoms. The lowest BCUT2D eigenvalue weighted by Crippen LogP contribution is -2.24. The summed E-state index contributed by atoms with van der Waals surface area (Å²) < 4.78 is 12.9. The molecule has 0 fully saturated rings. The Hall–Kier alpha value is -2.18. The molecule has 0 aliphatic heterocycles. The average Bonchev–Trinajstić information content (AvgIpc) is 2.51. The number of carbonyl (C=O) groups is 1. The lowest BCUT2D eigenvalue weighted by atomic mass is 9.66. The molecular weight excluding hydrogens is 298 g/mol. The van der Waals surface area contributed by atoms with Gasteiger partial charge in [0.15, 0.2) is 5.78 Å². The summed E-state index contributed by atoms with van der Waals surface area (Å²) in [5.74, 6) is -1.42. The maximum Gasteiger partial charge on any atom is 0.455 e. The Bertz CT molecular complexity index is 685. The quantitative estimate of drug-likeness (QED) is 0.565. The van der Waals surface area contributed by atoms with Crippen LogP contribution in [0.25, 0.3) is 0 Å². The second kappa shape index (κ2) is 7.39. The molecule has 0 bridgehead atoms.